The molecule has 0 aliphatic carbocycles. The molecule has 0 aliphatic heterocycles. The standard InChI is InChI=1S/C8H18ClNO2S/c1-3-13(11,12)6-4-5-10-8(2)7-9/h8,10H,3-7H2,1-2H3. The lowest BCUT2D eigenvalue weighted by molar-refractivity contribution is 0.571. The summed E-state index contributed by atoms with van der Waals surface area (Å²) in [5.74, 6) is 1.06. The second-order valence-electron chi connectivity index (χ2n) is 3.10. The fourth-order valence-electron chi connectivity index (χ4n) is 0.839. The molecular formula is C8H18ClNO2S. The number of sulfone groups is 1. The zero-order valence-electron chi connectivity index (χ0n) is 8.22. The fourth-order valence-corrected chi connectivity index (χ4v) is 1.82. The zero-order chi connectivity index (χ0) is 10.3. The van der Waals surface area contributed by atoms with Crippen molar-refractivity contribution in [1.82, 2.24) is 5.32 Å². The minimum Gasteiger partial charge on any atom is -0.313 e. The summed E-state index contributed by atoms with van der Waals surface area (Å²) < 4.78 is 22.1. The van der Waals surface area contributed by atoms with Gasteiger partial charge in [-0.3, -0.25) is 0 Å². The van der Waals surface area contributed by atoms with Crippen LogP contribution in [-0.2, 0) is 9.84 Å². The van der Waals surface area contributed by atoms with E-state index in [0.717, 1.165) is 0 Å². The average molecular weight is 228 g/mol. The predicted molar refractivity (Wildman–Crippen MR) is 57.1 cm³/mol. The van der Waals surface area contributed by atoms with E-state index in [-0.39, 0.29) is 17.5 Å². The number of alkyl halides is 1. The quantitative estimate of drug-likeness (QED) is 0.522. The lowest BCUT2D eigenvalue weighted by Gasteiger charge is -2.09. The van der Waals surface area contributed by atoms with Crippen LogP contribution in [0.2, 0.25) is 0 Å². The number of nitrogens with one attached hydrogen (secondary N) is 1. The van der Waals surface area contributed by atoms with Crippen LogP contribution in [0.25, 0.3) is 0 Å². The summed E-state index contributed by atoms with van der Waals surface area (Å²) in [7, 11) is -2.80. The summed E-state index contributed by atoms with van der Waals surface area (Å²) >= 11 is 5.57. The normalized spacial score (nSPS) is 14.4. The van der Waals surface area contributed by atoms with E-state index in [9.17, 15) is 8.42 Å². The summed E-state index contributed by atoms with van der Waals surface area (Å²) in [4.78, 5) is 0. The van der Waals surface area contributed by atoms with Gasteiger partial charge in [-0.2, -0.15) is 0 Å². The first-order valence-corrected chi connectivity index (χ1v) is 6.87. The molecule has 80 valence electrons. The molecule has 13 heavy (non-hydrogen) atoms. The Morgan fingerprint density at radius 2 is 2.08 bits per heavy atom. The SMILES string of the molecule is CCS(=O)(=O)CCCNC(C)CCl. The second-order valence-corrected chi connectivity index (χ2v) is 5.88. The van der Waals surface area contributed by atoms with E-state index in [2.05, 4.69) is 5.32 Å². The first-order chi connectivity index (χ1) is 6.02. The lowest BCUT2D eigenvalue weighted by Crippen LogP contribution is -2.29. The number of hydrogen-bond donors (Lipinski definition) is 1. The third-order valence-electron chi connectivity index (χ3n) is 1.80. The van der Waals surface area contributed by atoms with Crippen LogP contribution in [0.1, 0.15) is 20.3 Å². The lowest BCUT2D eigenvalue weighted by atomic mass is 10.3. The van der Waals surface area contributed by atoms with Gasteiger partial charge < -0.3 is 5.32 Å². The highest BCUT2D eigenvalue weighted by molar-refractivity contribution is 7.91. The molecule has 0 aromatic heterocycles. The highest BCUT2D eigenvalue weighted by atomic mass is 35.5. The third kappa shape index (κ3) is 7.28. The Kier molecular flexibility index (Phi) is 6.73. The summed E-state index contributed by atoms with van der Waals surface area (Å²) in [5.41, 5.74) is 0. The first kappa shape index (κ1) is 13.2. The van der Waals surface area contributed by atoms with E-state index in [1.807, 2.05) is 6.92 Å². The van der Waals surface area contributed by atoms with E-state index < -0.39 is 9.84 Å². The summed E-state index contributed by atoms with van der Waals surface area (Å²) in [6.45, 7) is 4.36. The highest BCUT2D eigenvalue weighted by Crippen LogP contribution is 1.93. The van der Waals surface area contributed by atoms with Crippen molar-refractivity contribution in [2.24, 2.45) is 0 Å². The van der Waals surface area contributed by atoms with Crippen molar-refractivity contribution in [1.29, 1.82) is 0 Å². The predicted octanol–water partition coefficient (Wildman–Crippen LogP) is 1.03. The van der Waals surface area contributed by atoms with E-state index in [1.54, 1.807) is 6.92 Å². The molecule has 0 saturated heterocycles. The van der Waals surface area contributed by atoms with Crippen LogP contribution in [0.3, 0.4) is 0 Å². The monoisotopic (exact) mass is 227 g/mol. The van der Waals surface area contributed by atoms with Crippen LogP contribution in [0.4, 0.5) is 0 Å². The maximum Gasteiger partial charge on any atom is 0.150 e. The second kappa shape index (κ2) is 6.62. The Hall–Kier alpha value is 0.200. The smallest absolute Gasteiger partial charge is 0.150 e. The molecular weight excluding hydrogens is 210 g/mol. The van der Waals surface area contributed by atoms with Crippen LogP contribution in [0, 0.1) is 0 Å². The van der Waals surface area contributed by atoms with Crippen LogP contribution >= 0.6 is 11.6 Å². The molecule has 0 amide bonds. The number of halogens is 1. The average Bonchev–Trinajstić information content (AvgIpc) is 2.12. The third-order valence-corrected chi connectivity index (χ3v) is 4.05. The highest BCUT2D eigenvalue weighted by Gasteiger charge is 2.06. The largest absolute Gasteiger partial charge is 0.313 e. The van der Waals surface area contributed by atoms with Crippen molar-refractivity contribution in [2.75, 3.05) is 23.9 Å². The van der Waals surface area contributed by atoms with Crippen LogP contribution in [-0.4, -0.2) is 38.4 Å². The summed E-state index contributed by atoms with van der Waals surface area (Å²) in [5, 5.41) is 3.13. The molecule has 1 unspecified atom stereocenters. The van der Waals surface area contributed by atoms with E-state index in [4.69, 9.17) is 11.6 Å². The Bertz CT molecular complexity index is 216. The van der Waals surface area contributed by atoms with Crippen molar-refractivity contribution in [2.45, 2.75) is 26.3 Å². The van der Waals surface area contributed by atoms with Gasteiger partial charge in [0.2, 0.25) is 0 Å². The molecule has 1 atom stereocenters. The molecule has 0 aromatic rings. The van der Waals surface area contributed by atoms with Gasteiger partial charge in [0.25, 0.3) is 0 Å². The van der Waals surface area contributed by atoms with Gasteiger partial charge in [-0.15, -0.1) is 11.6 Å². The molecule has 0 saturated carbocycles. The van der Waals surface area contributed by atoms with Gasteiger partial charge >= 0.3 is 0 Å². The van der Waals surface area contributed by atoms with Gasteiger partial charge in [0.1, 0.15) is 9.84 Å². The zero-order valence-corrected chi connectivity index (χ0v) is 9.79. The van der Waals surface area contributed by atoms with Crippen molar-refractivity contribution >= 4 is 21.4 Å². The van der Waals surface area contributed by atoms with Gasteiger partial charge in [-0.1, -0.05) is 6.92 Å². The van der Waals surface area contributed by atoms with Crippen molar-refractivity contribution in [3.05, 3.63) is 0 Å². The van der Waals surface area contributed by atoms with Crippen LogP contribution < -0.4 is 5.32 Å². The maximum atomic E-state index is 11.1. The van der Waals surface area contributed by atoms with Gasteiger partial charge in [0, 0.05) is 17.7 Å². The maximum absolute atomic E-state index is 11.1. The minimum atomic E-state index is -2.80. The Morgan fingerprint density at radius 1 is 1.46 bits per heavy atom. The number of hydrogen-bond acceptors (Lipinski definition) is 3. The molecule has 1 N–H and O–H groups in total. The topological polar surface area (TPSA) is 46.2 Å². The van der Waals surface area contributed by atoms with Crippen molar-refractivity contribution in [3.8, 4) is 0 Å². The minimum absolute atomic E-state index is 0.234. The van der Waals surface area contributed by atoms with E-state index in [0.29, 0.717) is 18.8 Å². The summed E-state index contributed by atoms with van der Waals surface area (Å²) in [6.07, 6.45) is 0.664. The van der Waals surface area contributed by atoms with Crippen LogP contribution in [0.15, 0.2) is 0 Å². The molecule has 0 radical (unpaired) electrons. The van der Waals surface area contributed by atoms with Gasteiger partial charge in [0.15, 0.2) is 0 Å². The van der Waals surface area contributed by atoms with Crippen molar-refractivity contribution < 1.29 is 8.42 Å². The molecule has 0 spiro atoms. The molecule has 0 aromatic carbocycles. The molecule has 3 nitrogen and oxygen atoms in total. The molecule has 0 aliphatic rings. The Balaban J connectivity index is 3.47. The van der Waals surface area contributed by atoms with Gasteiger partial charge in [-0.05, 0) is 19.9 Å². The molecule has 0 bridgehead atoms. The summed E-state index contributed by atoms with van der Waals surface area (Å²) in [6, 6.07) is 0.256. The number of rotatable bonds is 7. The molecule has 0 fully saturated rings. The Morgan fingerprint density at radius 3 is 2.54 bits per heavy atom. The van der Waals surface area contributed by atoms with E-state index >= 15 is 0 Å². The van der Waals surface area contributed by atoms with Crippen LogP contribution in [0.5, 0.6) is 0 Å². The van der Waals surface area contributed by atoms with Crippen molar-refractivity contribution in [3.63, 3.8) is 0 Å². The molecule has 0 heterocycles. The molecule has 5 heteroatoms. The molecule has 0 rings (SSSR count). The van der Waals surface area contributed by atoms with E-state index in [1.165, 1.54) is 0 Å². The van der Waals surface area contributed by atoms with Gasteiger partial charge in [-0.25, -0.2) is 8.42 Å². The van der Waals surface area contributed by atoms with Gasteiger partial charge in [0.05, 0.1) is 5.75 Å². The first-order valence-electron chi connectivity index (χ1n) is 4.51. The fraction of sp³-hybridized carbons (Fsp3) is 1.00. The Labute approximate surface area is 85.8 Å².